The lowest BCUT2D eigenvalue weighted by atomic mass is 10.2. The highest BCUT2D eigenvalue weighted by Crippen LogP contribution is 2.07. The number of likely N-dealkylation sites (tertiary alicyclic amines) is 1. The highest BCUT2D eigenvalue weighted by atomic mass is 16.5. The minimum absolute atomic E-state index is 0.0274. The third-order valence-corrected chi connectivity index (χ3v) is 3.85. The van der Waals surface area contributed by atoms with E-state index in [1.54, 1.807) is 11.9 Å². The number of hydrogen-bond donors (Lipinski definition) is 1. The fourth-order valence-electron chi connectivity index (χ4n) is 2.41. The van der Waals surface area contributed by atoms with Crippen LogP contribution in [-0.4, -0.2) is 60.9 Å². The van der Waals surface area contributed by atoms with Gasteiger partial charge in [-0.25, -0.2) is 4.79 Å². The predicted molar refractivity (Wildman–Crippen MR) is 88.1 cm³/mol. The van der Waals surface area contributed by atoms with Gasteiger partial charge in [0.1, 0.15) is 13.2 Å². The van der Waals surface area contributed by atoms with Crippen molar-refractivity contribution < 1.29 is 19.1 Å². The van der Waals surface area contributed by atoms with E-state index in [9.17, 15) is 14.4 Å². The topological polar surface area (TPSA) is 79.0 Å². The van der Waals surface area contributed by atoms with Crippen molar-refractivity contribution in [2.45, 2.75) is 19.4 Å². The molecule has 0 aromatic heterocycles. The Hall–Kier alpha value is -2.57. The molecular weight excluding hydrogens is 310 g/mol. The Balaban J connectivity index is 1.65. The van der Waals surface area contributed by atoms with Gasteiger partial charge in [-0.05, 0) is 18.4 Å². The quantitative estimate of drug-likeness (QED) is 0.842. The molecule has 0 bridgehead atoms. The first-order valence-corrected chi connectivity index (χ1v) is 8.02. The fraction of sp³-hybridized carbons (Fsp3) is 0.471. The van der Waals surface area contributed by atoms with Crippen molar-refractivity contribution in [3.63, 3.8) is 0 Å². The number of hydrogen-bond acceptors (Lipinski definition) is 4. The van der Waals surface area contributed by atoms with Crippen molar-refractivity contribution in [1.82, 2.24) is 15.1 Å². The van der Waals surface area contributed by atoms with Gasteiger partial charge in [-0.3, -0.25) is 9.59 Å². The lowest BCUT2D eigenvalue weighted by Gasteiger charge is -2.21. The Bertz CT molecular complexity index is 570. The van der Waals surface area contributed by atoms with Gasteiger partial charge in [0.05, 0.1) is 6.54 Å². The first-order valence-electron chi connectivity index (χ1n) is 8.02. The van der Waals surface area contributed by atoms with E-state index in [2.05, 4.69) is 5.32 Å². The molecule has 0 saturated carbocycles. The number of likely N-dealkylation sites (N-methyl/N-ethyl adjacent to an activating group) is 1. The smallest absolute Gasteiger partial charge is 0.407 e. The highest BCUT2D eigenvalue weighted by molar-refractivity contribution is 5.87. The average molecular weight is 333 g/mol. The summed E-state index contributed by atoms with van der Waals surface area (Å²) >= 11 is 0. The summed E-state index contributed by atoms with van der Waals surface area (Å²) in [6.07, 6.45) is 1.36. The third-order valence-electron chi connectivity index (χ3n) is 3.85. The Morgan fingerprint density at radius 3 is 2.50 bits per heavy atom. The van der Waals surface area contributed by atoms with E-state index in [-0.39, 0.29) is 31.5 Å². The molecule has 0 unspecified atom stereocenters. The number of nitrogens with zero attached hydrogens (tertiary/aromatic N) is 2. The number of benzene rings is 1. The number of rotatable bonds is 6. The van der Waals surface area contributed by atoms with E-state index >= 15 is 0 Å². The summed E-state index contributed by atoms with van der Waals surface area (Å²) in [5.41, 5.74) is 0.868. The van der Waals surface area contributed by atoms with Crippen molar-refractivity contribution in [3.8, 4) is 0 Å². The van der Waals surface area contributed by atoms with Crippen LogP contribution in [0.5, 0.6) is 0 Å². The van der Waals surface area contributed by atoms with Crippen LogP contribution in [0.4, 0.5) is 4.79 Å². The van der Waals surface area contributed by atoms with Gasteiger partial charge < -0.3 is 19.9 Å². The molecule has 1 saturated heterocycles. The number of nitrogens with one attached hydrogen (secondary N) is 1. The maximum atomic E-state index is 12.0. The second-order valence-electron chi connectivity index (χ2n) is 5.75. The SMILES string of the molecule is CN(CC(=O)N1CCCC1)C(=O)CNC(=O)OCc1ccccc1. The highest BCUT2D eigenvalue weighted by Gasteiger charge is 2.21. The van der Waals surface area contributed by atoms with Crippen LogP contribution in [0, 0.1) is 0 Å². The van der Waals surface area contributed by atoms with Crippen molar-refractivity contribution >= 4 is 17.9 Å². The predicted octanol–water partition coefficient (Wildman–Crippen LogP) is 0.994. The van der Waals surface area contributed by atoms with Crippen LogP contribution in [0.25, 0.3) is 0 Å². The molecule has 0 aliphatic carbocycles. The molecule has 1 aromatic carbocycles. The van der Waals surface area contributed by atoms with Crippen molar-refractivity contribution in [1.29, 1.82) is 0 Å². The van der Waals surface area contributed by atoms with E-state index in [0.717, 1.165) is 31.5 Å². The summed E-state index contributed by atoms with van der Waals surface area (Å²) in [7, 11) is 1.55. The van der Waals surface area contributed by atoms with Crippen LogP contribution in [0.2, 0.25) is 0 Å². The van der Waals surface area contributed by atoms with Crippen molar-refractivity contribution in [3.05, 3.63) is 35.9 Å². The molecule has 1 aromatic rings. The standard InChI is InChI=1S/C17H23N3O4/c1-19(12-16(22)20-9-5-6-10-20)15(21)11-18-17(23)24-13-14-7-3-2-4-8-14/h2-4,7-8H,5-6,9-13H2,1H3,(H,18,23). The molecule has 1 N–H and O–H groups in total. The van der Waals surface area contributed by atoms with Crippen LogP contribution in [-0.2, 0) is 20.9 Å². The summed E-state index contributed by atoms with van der Waals surface area (Å²) in [5.74, 6) is -0.394. The Morgan fingerprint density at radius 2 is 1.83 bits per heavy atom. The summed E-state index contributed by atoms with van der Waals surface area (Å²) in [4.78, 5) is 38.6. The zero-order valence-corrected chi connectivity index (χ0v) is 13.9. The molecular formula is C17H23N3O4. The van der Waals surface area contributed by atoms with E-state index in [1.165, 1.54) is 4.90 Å². The minimum Gasteiger partial charge on any atom is -0.445 e. The van der Waals surface area contributed by atoms with Crippen LogP contribution in [0.15, 0.2) is 30.3 Å². The normalized spacial score (nSPS) is 13.5. The van der Waals surface area contributed by atoms with Gasteiger partial charge in [0.2, 0.25) is 11.8 Å². The first-order chi connectivity index (χ1) is 11.6. The van der Waals surface area contributed by atoms with Crippen molar-refractivity contribution in [2.24, 2.45) is 0 Å². The van der Waals surface area contributed by atoms with Gasteiger partial charge in [0, 0.05) is 20.1 Å². The summed E-state index contributed by atoms with van der Waals surface area (Å²) in [6, 6.07) is 9.27. The average Bonchev–Trinajstić information content (AvgIpc) is 3.13. The molecule has 2 rings (SSSR count). The third kappa shape index (κ3) is 5.57. The molecule has 1 fully saturated rings. The maximum absolute atomic E-state index is 12.0. The molecule has 1 aliphatic heterocycles. The second kappa shape index (κ2) is 8.90. The number of carbonyl (C=O) groups is 3. The minimum atomic E-state index is -0.661. The van der Waals surface area contributed by atoms with Gasteiger partial charge in [-0.15, -0.1) is 0 Å². The molecule has 0 spiro atoms. The maximum Gasteiger partial charge on any atom is 0.407 e. The molecule has 7 nitrogen and oxygen atoms in total. The van der Waals surface area contributed by atoms with E-state index in [4.69, 9.17) is 4.74 Å². The Morgan fingerprint density at radius 1 is 1.17 bits per heavy atom. The van der Waals surface area contributed by atoms with E-state index in [1.807, 2.05) is 30.3 Å². The summed E-state index contributed by atoms with van der Waals surface area (Å²) in [6.45, 7) is 1.48. The summed E-state index contributed by atoms with van der Waals surface area (Å²) in [5, 5.41) is 2.40. The lowest BCUT2D eigenvalue weighted by molar-refractivity contribution is -0.138. The van der Waals surface area contributed by atoms with Gasteiger partial charge >= 0.3 is 6.09 Å². The molecule has 1 aliphatic rings. The molecule has 0 atom stereocenters. The number of ether oxygens (including phenoxy) is 1. The van der Waals surface area contributed by atoms with Gasteiger partial charge in [-0.1, -0.05) is 30.3 Å². The van der Waals surface area contributed by atoms with Gasteiger partial charge in [0.25, 0.3) is 0 Å². The van der Waals surface area contributed by atoms with E-state index in [0.29, 0.717) is 0 Å². The fourth-order valence-corrected chi connectivity index (χ4v) is 2.41. The lowest BCUT2D eigenvalue weighted by Crippen LogP contribution is -2.43. The van der Waals surface area contributed by atoms with Crippen molar-refractivity contribution in [2.75, 3.05) is 33.2 Å². The summed E-state index contributed by atoms with van der Waals surface area (Å²) < 4.78 is 5.02. The molecule has 0 radical (unpaired) electrons. The zero-order valence-electron chi connectivity index (χ0n) is 13.9. The first kappa shape index (κ1) is 17.8. The molecule has 3 amide bonds. The molecule has 1 heterocycles. The van der Waals surface area contributed by atoms with Gasteiger partial charge in [-0.2, -0.15) is 0 Å². The Labute approximate surface area is 141 Å². The van der Waals surface area contributed by atoms with Crippen LogP contribution in [0.1, 0.15) is 18.4 Å². The number of alkyl carbamates (subject to hydrolysis) is 1. The molecule has 7 heteroatoms. The number of amides is 3. The van der Waals surface area contributed by atoms with Crippen LogP contribution < -0.4 is 5.32 Å². The van der Waals surface area contributed by atoms with Crippen LogP contribution >= 0.6 is 0 Å². The second-order valence-corrected chi connectivity index (χ2v) is 5.75. The largest absolute Gasteiger partial charge is 0.445 e. The molecule has 24 heavy (non-hydrogen) atoms. The van der Waals surface area contributed by atoms with Gasteiger partial charge in [0.15, 0.2) is 0 Å². The van der Waals surface area contributed by atoms with Crippen LogP contribution in [0.3, 0.4) is 0 Å². The zero-order chi connectivity index (χ0) is 17.4. The molecule has 130 valence electrons. The number of carbonyl (C=O) groups excluding carboxylic acids is 3. The Kier molecular flexibility index (Phi) is 6.60. The van der Waals surface area contributed by atoms with E-state index < -0.39 is 6.09 Å². The monoisotopic (exact) mass is 333 g/mol.